The van der Waals surface area contributed by atoms with Crippen LogP contribution < -0.4 is 4.74 Å². The van der Waals surface area contributed by atoms with Crippen molar-refractivity contribution in [3.05, 3.63) is 40.4 Å². The van der Waals surface area contributed by atoms with Crippen LogP contribution in [0.5, 0.6) is 5.75 Å². The Kier molecular flexibility index (Phi) is 4.56. The van der Waals surface area contributed by atoms with E-state index in [4.69, 9.17) is 26.7 Å². The Morgan fingerprint density at radius 2 is 2.35 bits per heavy atom. The zero-order valence-corrected chi connectivity index (χ0v) is 9.86. The summed E-state index contributed by atoms with van der Waals surface area (Å²) in [7, 11) is 0. The van der Waals surface area contributed by atoms with E-state index in [0.717, 1.165) is 0 Å². The van der Waals surface area contributed by atoms with Gasteiger partial charge in [0.1, 0.15) is 24.0 Å². The van der Waals surface area contributed by atoms with Gasteiger partial charge in [-0.2, -0.15) is 5.26 Å². The lowest BCUT2D eigenvalue weighted by Gasteiger charge is -2.06. The van der Waals surface area contributed by atoms with Crippen LogP contribution in [-0.4, -0.2) is 17.7 Å². The first-order valence-electron chi connectivity index (χ1n) is 4.77. The van der Waals surface area contributed by atoms with Crippen LogP contribution in [0.15, 0.2) is 29.8 Å². The highest BCUT2D eigenvalue weighted by atomic mass is 35.5. The minimum absolute atomic E-state index is 0.0765. The number of carboxylic acids is 1. The Morgan fingerprint density at radius 1 is 1.65 bits per heavy atom. The number of hydrogen-bond acceptors (Lipinski definition) is 3. The number of nitrogens with zero attached hydrogens (tertiary/aromatic N) is 1. The molecule has 0 amide bonds. The third-order valence-corrected chi connectivity index (χ3v) is 2.37. The van der Waals surface area contributed by atoms with Crippen molar-refractivity contribution in [2.75, 3.05) is 6.61 Å². The van der Waals surface area contributed by atoms with Crippen molar-refractivity contribution in [1.29, 1.82) is 5.26 Å². The van der Waals surface area contributed by atoms with Gasteiger partial charge in [-0.25, -0.2) is 4.79 Å². The molecular weight excluding hydrogens is 242 g/mol. The molecule has 0 fully saturated rings. The molecule has 0 aromatic heterocycles. The van der Waals surface area contributed by atoms with Crippen molar-refractivity contribution in [3.63, 3.8) is 0 Å². The lowest BCUT2D eigenvalue weighted by Crippen LogP contribution is -2.01. The van der Waals surface area contributed by atoms with Gasteiger partial charge < -0.3 is 9.84 Å². The fourth-order valence-corrected chi connectivity index (χ4v) is 1.29. The van der Waals surface area contributed by atoms with Gasteiger partial charge >= 0.3 is 5.97 Å². The Hall–Kier alpha value is -1.99. The molecular formula is C12H10ClNO3. The van der Waals surface area contributed by atoms with Crippen molar-refractivity contribution < 1.29 is 14.6 Å². The van der Waals surface area contributed by atoms with E-state index >= 15 is 0 Å². The topological polar surface area (TPSA) is 70.3 Å². The predicted molar refractivity (Wildman–Crippen MR) is 63.1 cm³/mol. The van der Waals surface area contributed by atoms with Crippen molar-refractivity contribution >= 4 is 17.6 Å². The predicted octanol–water partition coefficient (Wildman–Crippen LogP) is 2.62. The third-order valence-electron chi connectivity index (χ3n) is 2.05. The second kappa shape index (κ2) is 5.92. The number of rotatable bonds is 4. The molecule has 1 rings (SSSR count). The molecule has 88 valence electrons. The molecule has 0 atom stereocenters. The normalized spacial score (nSPS) is 10.8. The molecule has 1 aromatic carbocycles. The number of benzene rings is 1. The summed E-state index contributed by atoms with van der Waals surface area (Å²) in [6.07, 6.45) is 1.42. The van der Waals surface area contributed by atoms with Crippen molar-refractivity contribution in [3.8, 4) is 11.8 Å². The number of ether oxygens (including phenoxy) is 1. The van der Waals surface area contributed by atoms with E-state index in [2.05, 4.69) is 0 Å². The summed E-state index contributed by atoms with van der Waals surface area (Å²) in [4.78, 5) is 10.5. The smallest absolute Gasteiger partial charge is 0.331 e. The van der Waals surface area contributed by atoms with Gasteiger partial charge in [-0.15, -0.1) is 0 Å². The molecule has 1 aromatic rings. The standard InChI is InChI=1S/C12H10ClNO3/c1-8(12(15)16)5-6-17-11-4-2-3-10(13)9(11)7-14/h2-5H,6H2,1H3,(H,15,16)/b8-5-. The van der Waals surface area contributed by atoms with Gasteiger partial charge in [-0.05, 0) is 25.1 Å². The number of aliphatic carboxylic acids is 1. The molecule has 0 radical (unpaired) electrons. The SMILES string of the molecule is C/C(=C/COc1cccc(Cl)c1C#N)C(=O)O. The number of carboxylic acid groups (broad SMARTS) is 1. The summed E-state index contributed by atoms with van der Waals surface area (Å²) in [6.45, 7) is 1.54. The summed E-state index contributed by atoms with van der Waals surface area (Å²) in [5.41, 5.74) is 0.432. The summed E-state index contributed by atoms with van der Waals surface area (Å²) in [5.74, 6) is -0.658. The first-order chi connectivity index (χ1) is 8.06. The minimum atomic E-state index is -1.000. The average molecular weight is 252 g/mol. The lowest BCUT2D eigenvalue weighted by molar-refractivity contribution is -0.132. The van der Waals surface area contributed by atoms with E-state index in [9.17, 15) is 4.79 Å². The molecule has 0 unspecified atom stereocenters. The Morgan fingerprint density at radius 3 is 2.94 bits per heavy atom. The molecule has 0 saturated heterocycles. The maximum absolute atomic E-state index is 10.5. The van der Waals surface area contributed by atoms with Gasteiger partial charge in [0.05, 0.1) is 5.02 Å². The van der Waals surface area contributed by atoms with Crippen LogP contribution >= 0.6 is 11.6 Å². The fraction of sp³-hybridized carbons (Fsp3) is 0.167. The molecule has 5 heteroatoms. The first-order valence-corrected chi connectivity index (χ1v) is 5.15. The monoisotopic (exact) mass is 251 g/mol. The zero-order chi connectivity index (χ0) is 12.8. The Labute approximate surface area is 104 Å². The molecule has 1 N–H and O–H groups in total. The maximum atomic E-state index is 10.5. The molecule has 0 aliphatic heterocycles. The van der Waals surface area contributed by atoms with Crippen molar-refractivity contribution in [1.82, 2.24) is 0 Å². The van der Waals surface area contributed by atoms with Gasteiger partial charge in [0.2, 0.25) is 0 Å². The molecule has 0 aliphatic carbocycles. The highest BCUT2D eigenvalue weighted by molar-refractivity contribution is 6.31. The van der Waals surface area contributed by atoms with Gasteiger partial charge in [-0.1, -0.05) is 17.7 Å². The molecule has 4 nitrogen and oxygen atoms in total. The first kappa shape index (κ1) is 13.1. The fourth-order valence-electron chi connectivity index (χ4n) is 1.08. The van der Waals surface area contributed by atoms with E-state index in [1.165, 1.54) is 13.0 Å². The highest BCUT2D eigenvalue weighted by Gasteiger charge is 2.07. The van der Waals surface area contributed by atoms with Gasteiger partial charge in [0.25, 0.3) is 0 Å². The van der Waals surface area contributed by atoms with Crippen molar-refractivity contribution in [2.45, 2.75) is 6.92 Å². The van der Waals surface area contributed by atoms with E-state index in [1.54, 1.807) is 18.2 Å². The van der Waals surface area contributed by atoms with Crippen LogP contribution in [0.25, 0.3) is 0 Å². The number of halogens is 1. The quantitative estimate of drug-likeness (QED) is 0.835. The van der Waals surface area contributed by atoms with E-state index in [-0.39, 0.29) is 17.7 Å². The summed E-state index contributed by atoms with van der Waals surface area (Å²) in [6, 6.07) is 6.78. The van der Waals surface area contributed by atoms with E-state index in [0.29, 0.717) is 10.8 Å². The molecule has 0 heterocycles. The Balaban J connectivity index is 2.78. The summed E-state index contributed by atoms with van der Waals surface area (Å²) in [5, 5.41) is 17.8. The zero-order valence-electron chi connectivity index (χ0n) is 9.11. The molecule has 17 heavy (non-hydrogen) atoms. The van der Waals surface area contributed by atoms with Crippen LogP contribution in [-0.2, 0) is 4.79 Å². The average Bonchev–Trinajstić information content (AvgIpc) is 2.29. The van der Waals surface area contributed by atoms with Crippen molar-refractivity contribution in [2.24, 2.45) is 0 Å². The number of carbonyl (C=O) groups is 1. The van der Waals surface area contributed by atoms with E-state index in [1.807, 2.05) is 6.07 Å². The van der Waals surface area contributed by atoms with E-state index < -0.39 is 5.97 Å². The Bertz CT molecular complexity index is 503. The van der Waals surface area contributed by atoms with Crippen LogP contribution in [0.1, 0.15) is 12.5 Å². The molecule has 0 spiro atoms. The maximum Gasteiger partial charge on any atom is 0.331 e. The van der Waals surface area contributed by atoms with Crippen LogP contribution in [0.3, 0.4) is 0 Å². The molecule has 0 bridgehead atoms. The van der Waals surface area contributed by atoms with Gasteiger partial charge in [-0.3, -0.25) is 0 Å². The molecule has 0 aliphatic rings. The second-order valence-corrected chi connectivity index (χ2v) is 3.64. The third kappa shape index (κ3) is 3.51. The van der Waals surface area contributed by atoms with Gasteiger partial charge in [0.15, 0.2) is 0 Å². The van der Waals surface area contributed by atoms with Crippen LogP contribution in [0, 0.1) is 11.3 Å². The van der Waals surface area contributed by atoms with Gasteiger partial charge in [0, 0.05) is 5.57 Å². The minimum Gasteiger partial charge on any atom is -0.488 e. The lowest BCUT2D eigenvalue weighted by atomic mass is 10.2. The summed E-state index contributed by atoms with van der Waals surface area (Å²) >= 11 is 5.81. The highest BCUT2D eigenvalue weighted by Crippen LogP contribution is 2.25. The summed E-state index contributed by atoms with van der Waals surface area (Å²) < 4.78 is 5.28. The largest absolute Gasteiger partial charge is 0.488 e. The number of nitriles is 1. The second-order valence-electron chi connectivity index (χ2n) is 3.23. The van der Waals surface area contributed by atoms with Crippen LogP contribution in [0.2, 0.25) is 5.02 Å². The molecule has 0 saturated carbocycles. The van der Waals surface area contributed by atoms with Crippen LogP contribution in [0.4, 0.5) is 0 Å². The number of hydrogen-bond donors (Lipinski definition) is 1.